The standard InChI is InChI=1S/C19H31N5O2/c1-2-16-13-15(1)14-17(16)18-20-19(26-21-18)24-7-5-22(6-8-24)3-4-23-9-11-25-12-10-23/h15-17H,1-14H2/t15-,16+,17?/m1/s1. The van der Waals surface area contributed by atoms with Crippen LogP contribution in [-0.2, 0) is 4.74 Å². The van der Waals surface area contributed by atoms with Crippen molar-refractivity contribution in [3.63, 3.8) is 0 Å². The molecule has 144 valence electrons. The predicted molar refractivity (Wildman–Crippen MR) is 98.4 cm³/mol. The Kier molecular flexibility index (Phi) is 4.85. The van der Waals surface area contributed by atoms with Crippen molar-refractivity contribution in [3.05, 3.63) is 5.82 Å². The van der Waals surface area contributed by atoms with Crippen LogP contribution in [0.5, 0.6) is 0 Å². The summed E-state index contributed by atoms with van der Waals surface area (Å²) in [7, 11) is 0. The minimum absolute atomic E-state index is 0.557. The molecule has 0 aromatic carbocycles. The van der Waals surface area contributed by atoms with Crippen LogP contribution < -0.4 is 4.90 Å². The van der Waals surface area contributed by atoms with Gasteiger partial charge in [-0.3, -0.25) is 9.80 Å². The molecule has 1 unspecified atom stereocenters. The van der Waals surface area contributed by atoms with Gasteiger partial charge in [0, 0.05) is 58.3 Å². The Morgan fingerprint density at radius 1 is 0.885 bits per heavy atom. The summed E-state index contributed by atoms with van der Waals surface area (Å²) in [5.41, 5.74) is 0. The highest BCUT2D eigenvalue weighted by molar-refractivity contribution is 5.27. The molecule has 2 aliphatic heterocycles. The van der Waals surface area contributed by atoms with Crippen molar-refractivity contribution < 1.29 is 9.26 Å². The molecule has 0 spiro atoms. The number of anilines is 1. The fourth-order valence-electron chi connectivity index (χ4n) is 5.34. The lowest BCUT2D eigenvalue weighted by Crippen LogP contribution is -2.49. The molecule has 3 heterocycles. The minimum atomic E-state index is 0.557. The number of nitrogens with zero attached hydrogens (tertiary/aromatic N) is 5. The summed E-state index contributed by atoms with van der Waals surface area (Å²) in [6.45, 7) is 10.4. The quantitative estimate of drug-likeness (QED) is 0.786. The van der Waals surface area contributed by atoms with Crippen molar-refractivity contribution >= 4 is 6.01 Å². The van der Waals surface area contributed by atoms with Crippen LogP contribution >= 0.6 is 0 Å². The molecule has 2 aliphatic carbocycles. The highest BCUT2D eigenvalue weighted by Crippen LogP contribution is 2.52. The molecule has 4 aliphatic rings. The van der Waals surface area contributed by atoms with Gasteiger partial charge in [-0.15, -0.1) is 0 Å². The molecule has 0 N–H and O–H groups in total. The van der Waals surface area contributed by atoms with Gasteiger partial charge in [0.25, 0.3) is 0 Å². The second-order valence-electron chi connectivity index (χ2n) is 8.50. The summed E-state index contributed by atoms with van der Waals surface area (Å²) in [4.78, 5) is 12.1. The van der Waals surface area contributed by atoms with Gasteiger partial charge in [-0.1, -0.05) is 11.6 Å². The second kappa shape index (κ2) is 7.44. The van der Waals surface area contributed by atoms with E-state index in [-0.39, 0.29) is 0 Å². The average Bonchev–Trinajstić information content (AvgIpc) is 3.44. The van der Waals surface area contributed by atoms with E-state index >= 15 is 0 Å². The largest absolute Gasteiger partial charge is 0.379 e. The van der Waals surface area contributed by atoms with E-state index < -0.39 is 0 Å². The monoisotopic (exact) mass is 361 g/mol. The Morgan fingerprint density at radius 2 is 1.65 bits per heavy atom. The molecule has 3 atom stereocenters. The van der Waals surface area contributed by atoms with Gasteiger partial charge < -0.3 is 14.2 Å². The van der Waals surface area contributed by atoms with E-state index in [1.54, 1.807) is 0 Å². The normalized spacial score (nSPS) is 33.2. The fourth-order valence-corrected chi connectivity index (χ4v) is 5.34. The SMILES string of the molecule is C1CN(CCN2CCN(c3nc(C4C[C@@H]5CC[C@H]4C5)no3)CC2)CCO1. The Balaban J connectivity index is 1.10. The van der Waals surface area contributed by atoms with Crippen LogP contribution in [-0.4, -0.2) is 85.5 Å². The van der Waals surface area contributed by atoms with Gasteiger partial charge in [0.05, 0.1) is 13.2 Å². The minimum Gasteiger partial charge on any atom is -0.379 e. The molecule has 7 heteroatoms. The zero-order valence-electron chi connectivity index (χ0n) is 15.7. The van der Waals surface area contributed by atoms with Gasteiger partial charge in [-0.2, -0.15) is 4.98 Å². The van der Waals surface area contributed by atoms with E-state index in [0.29, 0.717) is 5.92 Å². The van der Waals surface area contributed by atoms with Crippen molar-refractivity contribution in [1.29, 1.82) is 0 Å². The van der Waals surface area contributed by atoms with E-state index in [4.69, 9.17) is 14.2 Å². The molecule has 26 heavy (non-hydrogen) atoms. The fraction of sp³-hybridized carbons (Fsp3) is 0.895. The molecular formula is C19H31N5O2. The number of aromatic nitrogens is 2. The number of rotatable bonds is 5. The lowest BCUT2D eigenvalue weighted by atomic mass is 9.88. The van der Waals surface area contributed by atoms with Crippen LogP contribution in [0.25, 0.3) is 0 Å². The van der Waals surface area contributed by atoms with Crippen molar-refractivity contribution in [2.45, 2.75) is 31.6 Å². The lowest BCUT2D eigenvalue weighted by Gasteiger charge is -2.35. The molecule has 2 saturated carbocycles. The van der Waals surface area contributed by atoms with E-state index in [1.165, 1.54) is 25.7 Å². The molecule has 0 radical (unpaired) electrons. The molecule has 7 nitrogen and oxygen atoms in total. The van der Waals surface area contributed by atoms with Crippen LogP contribution in [0.3, 0.4) is 0 Å². The molecule has 0 amide bonds. The van der Waals surface area contributed by atoms with E-state index in [9.17, 15) is 0 Å². The van der Waals surface area contributed by atoms with Crippen LogP contribution in [0, 0.1) is 11.8 Å². The molecule has 2 bridgehead atoms. The van der Waals surface area contributed by atoms with Crippen molar-refractivity contribution in [3.8, 4) is 0 Å². The molecular weight excluding hydrogens is 330 g/mol. The van der Waals surface area contributed by atoms with Gasteiger partial charge in [-0.05, 0) is 31.1 Å². The maximum absolute atomic E-state index is 5.64. The Morgan fingerprint density at radius 3 is 2.35 bits per heavy atom. The van der Waals surface area contributed by atoms with Crippen LogP contribution in [0.1, 0.15) is 37.4 Å². The zero-order valence-corrected chi connectivity index (χ0v) is 15.7. The smallest absolute Gasteiger partial charge is 0.324 e. The molecule has 5 rings (SSSR count). The van der Waals surface area contributed by atoms with E-state index in [2.05, 4.69) is 19.9 Å². The first kappa shape index (κ1) is 17.0. The summed E-state index contributed by atoms with van der Waals surface area (Å²) in [5.74, 6) is 3.26. The number of ether oxygens (including phenoxy) is 1. The van der Waals surface area contributed by atoms with Crippen LogP contribution in [0.4, 0.5) is 6.01 Å². The first-order chi connectivity index (χ1) is 12.8. The van der Waals surface area contributed by atoms with Crippen molar-refractivity contribution in [1.82, 2.24) is 19.9 Å². The van der Waals surface area contributed by atoms with Crippen LogP contribution in [0.15, 0.2) is 4.52 Å². The third-order valence-electron chi connectivity index (χ3n) is 6.98. The predicted octanol–water partition coefficient (Wildman–Crippen LogP) is 1.43. The van der Waals surface area contributed by atoms with Gasteiger partial charge >= 0.3 is 6.01 Å². The molecule has 1 aromatic rings. The Bertz CT molecular complexity index is 595. The zero-order chi connectivity index (χ0) is 17.3. The third kappa shape index (κ3) is 3.49. The topological polar surface area (TPSA) is 57.9 Å². The number of piperazine rings is 1. The number of hydrogen-bond acceptors (Lipinski definition) is 7. The number of hydrogen-bond donors (Lipinski definition) is 0. The maximum Gasteiger partial charge on any atom is 0.324 e. The van der Waals surface area contributed by atoms with Crippen LogP contribution in [0.2, 0.25) is 0 Å². The lowest BCUT2D eigenvalue weighted by molar-refractivity contribution is 0.0330. The summed E-state index contributed by atoms with van der Waals surface area (Å²) in [6, 6.07) is 0.746. The third-order valence-corrected chi connectivity index (χ3v) is 6.98. The van der Waals surface area contributed by atoms with Crippen molar-refractivity contribution in [2.75, 3.05) is 70.5 Å². The first-order valence-corrected chi connectivity index (χ1v) is 10.5. The molecule has 4 fully saturated rings. The second-order valence-corrected chi connectivity index (χ2v) is 8.50. The number of fused-ring (bicyclic) bond motifs is 2. The van der Waals surface area contributed by atoms with Gasteiger partial charge in [0.1, 0.15) is 0 Å². The van der Waals surface area contributed by atoms with Gasteiger partial charge in [0.15, 0.2) is 5.82 Å². The average molecular weight is 361 g/mol. The maximum atomic E-state index is 5.64. The Labute approximate surface area is 155 Å². The van der Waals surface area contributed by atoms with Crippen molar-refractivity contribution in [2.24, 2.45) is 11.8 Å². The summed E-state index contributed by atoms with van der Waals surface area (Å²) < 4.78 is 11.1. The summed E-state index contributed by atoms with van der Waals surface area (Å²) >= 11 is 0. The molecule has 2 saturated heterocycles. The highest BCUT2D eigenvalue weighted by Gasteiger charge is 2.42. The summed E-state index contributed by atoms with van der Waals surface area (Å²) in [6.07, 6.45) is 5.44. The van der Waals surface area contributed by atoms with Gasteiger partial charge in [-0.25, -0.2) is 0 Å². The Hall–Kier alpha value is -1.18. The first-order valence-electron chi connectivity index (χ1n) is 10.5. The van der Waals surface area contributed by atoms with E-state index in [1.807, 2.05) is 0 Å². The highest BCUT2D eigenvalue weighted by atomic mass is 16.5. The summed E-state index contributed by atoms with van der Waals surface area (Å²) in [5, 5.41) is 4.35. The number of morpholine rings is 1. The van der Waals surface area contributed by atoms with E-state index in [0.717, 1.165) is 89.2 Å². The molecule has 1 aromatic heterocycles. The van der Waals surface area contributed by atoms with Gasteiger partial charge in [0.2, 0.25) is 0 Å².